The molecule has 1 saturated heterocycles. The summed E-state index contributed by atoms with van der Waals surface area (Å²) in [6.07, 6.45) is 7.76. The molecule has 0 bridgehead atoms. The van der Waals surface area contributed by atoms with Gasteiger partial charge < -0.3 is 20.9 Å². The number of rotatable bonds is 7. The van der Waals surface area contributed by atoms with Gasteiger partial charge in [-0.2, -0.15) is 0 Å². The largest absolute Gasteiger partial charge is 0.371 e. The van der Waals surface area contributed by atoms with Gasteiger partial charge in [-0.15, -0.1) is 0 Å². The minimum atomic E-state index is -0.347. The molecule has 176 valence electrons. The van der Waals surface area contributed by atoms with Crippen LogP contribution in [0.15, 0.2) is 67.0 Å². The summed E-state index contributed by atoms with van der Waals surface area (Å²) in [5.74, 6) is -0.177. The van der Waals surface area contributed by atoms with Crippen LogP contribution in [0.3, 0.4) is 0 Å². The Kier molecular flexibility index (Phi) is 7.75. The van der Waals surface area contributed by atoms with E-state index < -0.39 is 0 Å². The third kappa shape index (κ3) is 6.13. The van der Waals surface area contributed by atoms with E-state index in [1.807, 2.05) is 48.5 Å². The Morgan fingerprint density at radius 1 is 0.912 bits per heavy atom. The summed E-state index contributed by atoms with van der Waals surface area (Å²) in [6.45, 7) is 4.30. The molecule has 1 aliphatic heterocycles. The summed E-state index contributed by atoms with van der Waals surface area (Å²) in [4.78, 5) is 32.2. The van der Waals surface area contributed by atoms with Gasteiger partial charge in [0, 0.05) is 49.1 Å². The van der Waals surface area contributed by atoms with E-state index in [9.17, 15) is 9.59 Å². The summed E-state index contributed by atoms with van der Waals surface area (Å²) in [7, 11) is 0. The fourth-order valence-corrected chi connectivity index (χ4v) is 4.15. The molecule has 0 aliphatic carbocycles. The molecule has 1 fully saturated rings. The molecule has 3 aromatic rings. The summed E-state index contributed by atoms with van der Waals surface area (Å²) in [6, 6.07) is 16.7. The van der Waals surface area contributed by atoms with Gasteiger partial charge in [-0.05, 0) is 73.2 Å². The van der Waals surface area contributed by atoms with Gasteiger partial charge >= 0.3 is 6.03 Å². The van der Waals surface area contributed by atoms with Crippen LogP contribution in [0.4, 0.5) is 21.9 Å². The highest BCUT2D eigenvalue weighted by Crippen LogP contribution is 2.27. The molecule has 0 radical (unpaired) electrons. The van der Waals surface area contributed by atoms with Crippen LogP contribution in [0.1, 0.15) is 47.7 Å². The van der Waals surface area contributed by atoms with Crippen molar-refractivity contribution in [2.24, 2.45) is 0 Å². The van der Waals surface area contributed by atoms with Gasteiger partial charge in [0.25, 0.3) is 5.91 Å². The monoisotopic (exact) mass is 457 g/mol. The minimum Gasteiger partial charge on any atom is -0.371 e. The molecule has 7 nitrogen and oxygen atoms in total. The van der Waals surface area contributed by atoms with Crippen LogP contribution in [0.2, 0.25) is 0 Å². The summed E-state index contributed by atoms with van der Waals surface area (Å²) >= 11 is 0. The van der Waals surface area contributed by atoms with Crippen molar-refractivity contribution in [1.29, 1.82) is 0 Å². The second-order valence-electron chi connectivity index (χ2n) is 8.46. The van der Waals surface area contributed by atoms with E-state index in [0.717, 1.165) is 54.9 Å². The number of aryl methyl sites for hydroxylation is 1. The number of amides is 3. The smallest absolute Gasteiger partial charge is 0.323 e. The molecule has 0 atom stereocenters. The van der Waals surface area contributed by atoms with E-state index in [4.69, 9.17) is 0 Å². The van der Waals surface area contributed by atoms with Gasteiger partial charge in [0.1, 0.15) is 0 Å². The maximum absolute atomic E-state index is 13.2. The van der Waals surface area contributed by atoms with E-state index in [2.05, 4.69) is 32.8 Å². The van der Waals surface area contributed by atoms with E-state index >= 15 is 0 Å². The normalized spacial score (nSPS) is 13.3. The first-order chi connectivity index (χ1) is 16.6. The van der Waals surface area contributed by atoms with Crippen molar-refractivity contribution < 1.29 is 9.59 Å². The van der Waals surface area contributed by atoms with Crippen molar-refractivity contribution in [2.45, 2.75) is 39.2 Å². The van der Waals surface area contributed by atoms with Crippen molar-refractivity contribution in [2.75, 3.05) is 28.6 Å². The van der Waals surface area contributed by atoms with E-state index in [1.165, 1.54) is 6.42 Å². The zero-order chi connectivity index (χ0) is 23.8. The summed E-state index contributed by atoms with van der Waals surface area (Å²) in [5.41, 5.74) is 4.82. The lowest BCUT2D eigenvalue weighted by atomic mass is 10.1. The van der Waals surface area contributed by atoms with Gasteiger partial charge in [-0.25, -0.2) is 4.79 Å². The number of urea groups is 1. The highest BCUT2D eigenvalue weighted by molar-refractivity contribution is 6.04. The Balaban J connectivity index is 1.51. The number of carbonyl (C=O) groups excluding carboxylic acids is 2. The molecule has 1 aromatic heterocycles. The lowest BCUT2D eigenvalue weighted by Crippen LogP contribution is -2.33. The number of hydrogen-bond donors (Lipinski definition) is 3. The number of nitrogens with zero attached hydrogens (tertiary/aromatic N) is 2. The molecule has 3 amide bonds. The number of benzene rings is 2. The molecule has 0 unspecified atom stereocenters. The predicted molar refractivity (Wildman–Crippen MR) is 136 cm³/mol. The van der Waals surface area contributed by atoms with Gasteiger partial charge in [-0.3, -0.25) is 9.78 Å². The van der Waals surface area contributed by atoms with Crippen molar-refractivity contribution in [1.82, 2.24) is 10.3 Å². The molecule has 4 rings (SSSR count). The Hall–Kier alpha value is -3.87. The van der Waals surface area contributed by atoms with E-state index in [0.29, 0.717) is 17.8 Å². The average molecular weight is 458 g/mol. The number of hydrogen-bond acceptors (Lipinski definition) is 4. The van der Waals surface area contributed by atoms with Crippen molar-refractivity contribution >= 4 is 29.0 Å². The number of carbonyl (C=O) groups is 2. The molecule has 0 saturated carbocycles. The first-order valence-electron chi connectivity index (χ1n) is 11.9. The third-order valence-electron chi connectivity index (χ3n) is 5.96. The maximum atomic E-state index is 13.2. The standard InChI is InChI=1S/C27H31N5O2/c1-2-20-8-6-10-22(16-20)30-27(34)31-23-11-12-25(32-14-4-3-5-15-32)24(17-23)26(33)29-19-21-9-7-13-28-18-21/h6-13,16-18H,2-5,14-15,19H2,1H3,(H,29,33)(H2,30,31,34). The van der Waals surface area contributed by atoms with Crippen LogP contribution in [0.25, 0.3) is 0 Å². The molecule has 0 spiro atoms. The maximum Gasteiger partial charge on any atom is 0.323 e. The van der Waals surface area contributed by atoms with Crippen molar-refractivity contribution in [3.05, 3.63) is 83.7 Å². The molecule has 2 aromatic carbocycles. The molecule has 34 heavy (non-hydrogen) atoms. The van der Waals surface area contributed by atoms with Crippen LogP contribution in [0.5, 0.6) is 0 Å². The van der Waals surface area contributed by atoms with E-state index in [1.54, 1.807) is 18.5 Å². The van der Waals surface area contributed by atoms with E-state index in [-0.39, 0.29) is 11.9 Å². The van der Waals surface area contributed by atoms with Gasteiger partial charge in [0.2, 0.25) is 0 Å². The van der Waals surface area contributed by atoms with Gasteiger partial charge in [0.15, 0.2) is 0 Å². The van der Waals surface area contributed by atoms with Crippen molar-refractivity contribution in [3.8, 4) is 0 Å². The number of nitrogens with one attached hydrogen (secondary N) is 3. The fourth-order valence-electron chi connectivity index (χ4n) is 4.15. The topological polar surface area (TPSA) is 86.4 Å². The first kappa shape index (κ1) is 23.3. The van der Waals surface area contributed by atoms with Crippen LogP contribution < -0.4 is 20.9 Å². The number of aromatic nitrogens is 1. The quantitative estimate of drug-likeness (QED) is 0.455. The zero-order valence-electron chi connectivity index (χ0n) is 19.5. The molecular weight excluding hydrogens is 426 g/mol. The van der Waals surface area contributed by atoms with Crippen LogP contribution >= 0.6 is 0 Å². The van der Waals surface area contributed by atoms with Crippen LogP contribution in [0, 0.1) is 0 Å². The Morgan fingerprint density at radius 3 is 2.41 bits per heavy atom. The number of pyridine rings is 1. The van der Waals surface area contributed by atoms with Gasteiger partial charge in [-0.1, -0.05) is 25.1 Å². The molecule has 2 heterocycles. The predicted octanol–water partition coefficient (Wildman–Crippen LogP) is 5.21. The lowest BCUT2D eigenvalue weighted by Gasteiger charge is -2.30. The Labute approximate surface area is 200 Å². The SMILES string of the molecule is CCc1cccc(NC(=O)Nc2ccc(N3CCCCC3)c(C(=O)NCc3cccnc3)c2)c1. The highest BCUT2D eigenvalue weighted by atomic mass is 16.2. The zero-order valence-corrected chi connectivity index (χ0v) is 19.5. The molecule has 1 aliphatic rings. The van der Waals surface area contributed by atoms with Gasteiger partial charge in [0.05, 0.1) is 5.56 Å². The second kappa shape index (κ2) is 11.3. The lowest BCUT2D eigenvalue weighted by molar-refractivity contribution is 0.0951. The number of anilines is 3. The average Bonchev–Trinajstić information content (AvgIpc) is 2.88. The summed E-state index contributed by atoms with van der Waals surface area (Å²) in [5, 5.41) is 8.73. The second-order valence-corrected chi connectivity index (χ2v) is 8.46. The minimum absolute atomic E-state index is 0.177. The summed E-state index contributed by atoms with van der Waals surface area (Å²) < 4.78 is 0. The Morgan fingerprint density at radius 2 is 1.68 bits per heavy atom. The highest BCUT2D eigenvalue weighted by Gasteiger charge is 2.20. The van der Waals surface area contributed by atoms with Crippen molar-refractivity contribution in [3.63, 3.8) is 0 Å². The third-order valence-corrected chi connectivity index (χ3v) is 5.96. The van der Waals surface area contributed by atoms with Crippen LogP contribution in [-0.4, -0.2) is 30.0 Å². The van der Waals surface area contributed by atoms with Crippen LogP contribution in [-0.2, 0) is 13.0 Å². The Bertz CT molecular complexity index is 1130. The first-order valence-corrected chi connectivity index (χ1v) is 11.9. The molecule has 7 heteroatoms. The number of piperidine rings is 1. The molecule has 3 N–H and O–H groups in total. The molecular formula is C27H31N5O2. The fraction of sp³-hybridized carbons (Fsp3) is 0.296.